The second-order valence-corrected chi connectivity index (χ2v) is 6.74. The first-order valence-corrected chi connectivity index (χ1v) is 8.22. The van der Waals surface area contributed by atoms with Crippen LogP contribution >= 0.6 is 0 Å². The summed E-state index contributed by atoms with van der Waals surface area (Å²) in [7, 11) is 3.57. The minimum Gasteiger partial charge on any atom is -0.472 e. The minimum absolute atomic E-state index is 0.0244. The SMILES string of the molecule is COC(=O)C(C(=O)OC)c1c(OC(C)(C)C)n(C(=O)OC)c2ccccc12. The number of aromatic nitrogens is 1. The number of benzene rings is 1. The highest BCUT2D eigenvalue weighted by atomic mass is 16.6. The van der Waals surface area contributed by atoms with Gasteiger partial charge in [0.1, 0.15) is 5.60 Å². The summed E-state index contributed by atoms with van der Waals surface area (Å²) < 4.78 is 21.7. The number of hydrogen-bond donors (Lipinski definition) is 0. The maximum atomic E-state index is 12.5. The number of nitrogens with zero attached hydrogens (tertiary/aromatic N) is 1. The molecule has 1 aromatic carbocycles. The second kappa shape index (κ2) is 7.69. The van der Waals surface area contributed by atoms with E-state index in [1.807, 2.05) is 0 Å². The highest BCUT2D eigenvalue weighted by Gasteiger charge is 2.39. The van der Waals surface area contributed by atoms with Gasteiger partial charge >= 0.3 is 18.0 Å². The molecule has 0 radical (unpaired) electrons. The van der Waals surface area contributed by atoms with E-state index in [0.717, 1.165) is 0 Å². The summed E-state index contributed by atoms with van der Waals surface area (Å²) in [6.07, 6.45) is -0.717. The molecular formula is C19H23NO7. The van der Waals surface area contributed by atoms with Gasteiger partial charge in [-0.2, -0.15) is 0 Å². The number of carbonyl (C=O) groups is 3. The Hall–Kier alpha value is -3.03. The summed E-state index contributed by atoms with van der Waals surface area (Å²) in [5, 5.41) is 0.475. The average molecular weight is 377 g/mol. The van der Waals surface area contributed by atoms with Crippen molar-refractivity contribution in [1.82, 2.24) is 4.57 Å². The quantitative estimate of drug-likeness (QED) is 0.459. The Morgan fingerprint density at radius 2 is 1.48 bits per heavy atom. The van der Waals surface area contributed by atoms with Gasteiger partial charge in [-0.25, -0.2) is 9.36 Å². The number of methoxy groups -OCH3 is 3. The van der Waals surface area contributed by atoms with Gasteiger partial charge in [-0.05, 0) is 26.8 Å². The summed E-state index contributed by atoms with van der Waals surface area (Å²) in [5.74, 6) is -3.05. The molecular weight excluding hydrogens is 354 g/mol. The molecule has 2 rings (SSSR count). The summed E-state index contributed by atoms with van der Waals surface area (Å²) in [4.78, 5) is 37.3. The summed E-state index contributed by atoms with van der Waals surface area (Å²) in [5.41, 5.74) is -0.118. The number of carbonyl (C=O) groups excluding carboxylic acids is 3. The predicted molar refractivity (Wildman–Crippen MR) is 96.9 cm³/mol. The van der Waals surface area contributed by atoms with Crippen LogP contribution in [0.5, 0.6) is 5.88 Å². The summed E-state index contributed by atoms with van der Waals surface area (Å²) >= 11 is 0. The highest BCUT2D eigenvalue weighted by molar-refractivity contribution is 6.07. The van der Waals surface area contributed by atoms with Crippen LogP contribution in [0.15, 0.2) is 24.3 Å². The van der Waals surface area contributed by atoms with Crippen LogP contribution in [0.3, 0.4) is 0 Å². The van der Waals surface area contributed by atoms with Crippen molar-refractivity contribution < 1.29 is 33.3 Å². The summed E-state index contributed by atoms with van der Waals surface area (Å²) in [6.45, 7) is 5.34. The van der Waals surface area contributed by atoms with E-state index >= 15 is 0 Å². The molecule has 0 aliphatic heterocycles. The van der Waals surface area contributed by atoms with E-state index in [-0.39, 0.29) is 11.4 Å². The largest absolute Gasteiger partial charge is 0.472 e. The van der Waals surface area contributed by atoms with Crippen LogP contribution in [0, 0.1) is 0 Å². The molecule has 2 aromatic rings. The zero-order valence-corrected chi connectivity index (χ0v) is 16.2. The zero-order chi connectivity index (χ0) is 20.4. The fourth-order valence-corrected chi connectivity index (χ4v) is 2.75. The van der Waals surface area contributed by atoms with Gasteiger partial charge in [-0.1, -0.05) is 18.2 Å². The molecule has 0 saturated carbocycles. The van der Waals surface area contributed by atoms with Gasteiger partial charge in [0, 0.05) is 10.9 Å². The first kappa shape index (κ1) is 20.3. The lowest BCUT2D eigenvalue weighted by atomic mass is 9.98. The Bertz CT molecular complexity index is 860. The van der Waals surface area contributed by atoms with E-state index in [9.17, 15) is 14.4 Å². The van der Waals surface area contributed by atoms with Crippen molar-refractivity contribution in [1.29, 1.82) is 0 Å². The van der Waals surface area contributed by atoms with Gasteiger partial charge < -0.3 is 18.9 Å². The molecule has 0 spiro atoms. The van der Waals surface area contributed by atoms with E-state index in [4.69, 9.17) is 18.9 Å². The van der Waals surface area contributed by atoms with Gasteiger partial charge in [0.25, 0.3) is 0 Å². The van der Waals surface area contributed by atoms with Crippen molar-refractivity contribution in [3.05, 3.63) is 29.8 Å². The van der Waals surface area contributed by atoms with Crippen LogP contribution in [-0.4, -0.2) is 49.5 Å². The minimum atomic E-state index is -1.42. The number of ether oxygens (including phenoxy) is 4. The lowest BCUT2D eigenvalue weighted by molar-refractivity contribution is -0.154. The molecule has 146 valence electrons. The Labute approximate surface area is 156 Å². The van der Waals surface area contributed by atoms with E-state index in [1.54, 1.807) is 45.0 Å². The third-order valence-electron chi connectivity index (χ3n) is 3.79. The molecule has 0 bridgehead atoms. The van der Waals surface area contributed by atoms with Gasteiger partial charge in [0.2, 0.25) is 5.88 Å². The molecule has 0 atom stereocenters. The van der Waals surface area contributed by atoms with Crippen molar-refractivity contribution >= 4 is 28.9 Å². The van der Waals surface area contributed by atoms with Gasteiger partial charge in [-0.3, -0.25) is 9.59 Å². The lowest BCUT2D eigenvalue weighted by Crippen LogP contribution is -2.29. The van der Waals surface area contributed by atoms with Gasteiger partial charge in [0.15, 0.2) is 5.92 Å². The van der Waals surface area contributed by atoms with E-state index in [2.05, 4.69) is 0 Å². The molecule has 0 fully saturated rings. The Morgan fingerprint density at radius 3 is 1.96 bits per heavy atom. The number of rotatable bonds is 4. The van der Waals surface area contributed by atoms with Crippen molar-refractivity contribution in [2.45, 2.75) is 32.3 Å². The van der Waals surface area contributed by atoms with E-state index in [0.29, 0.717) is 10.9 Å². The monoisotopic (exact) mass is 377 g/mol. The Balaban J connectivity index is 2.95. The average Bonchev–Trinajstić information content (AvgIpc) is 2.93. The van der Waals surface area contributed by atoms with Crippen LogP contribution in [0.1, 0.15) is 32.3 Å². The number of esters is 2. The van der Waals surface area contributed by atoms with Crippen LogP contribution in [-0.2, 0) is 23.8 Å². The maximum absolute atomic E-state index is 12.5. The lowest BCUT2D eigenvalue weighted by Gasteiger charge is -2.24. The summed E-state index contributed by atoms with van der Waals surface area (Å²) in [6, 6.07) is 6.78. The zero-order valence-electron chi connectivity index (χ0n) is 16.2. The Kier molecular flexibility index (Phi) is 5.78. The topological polar surface area (TPSA) is 93.1 Å². The van der Waals surface area contributed by atoms with Crippen LogP contribution in [0.4, 0.5) is 4.79 Å². The van der Waals surface area contributed by atoms with Crippen molar-refractivity contribution in [3.63, 3.8) is 0 Å². The number of fused-ring (bicyclic) bond motifs is 1. The molecule has 8 nitrogen and oxygen atoms in total. The third-order valence-corrected chi connectivity index (χ3v) is 3.79. The first-order chi connectivity index (χ1) is 12.7. The Morgan fingerprint density at radius 1 is 0.926 bits per heavy atom. The van der Waals surface area contributed by atoms with E-state index in [1.165, 1.54) is 25.9 Å². The maximum Gasteiger partial charge on any atom is 0.421 e. The molecule has 1 heterocycles. The number of para-hydroxylation sites is 1. The molecule has 0 aliphatic rings. The molecule has 8 heteroatoms. The van der Waals surface area contributed by atoms with Crippen molar-refractivity contribution in [2.75, 3.05) is 21.3 Å². The second-order valence-electron chi connectivity index (χ2n) is 6.74. The first-order valence-electron chi connectivity index (χ1n) is 8.22. The molecule has 1 aromatic heterocycles. The van der Waals surface area contributed by atoms with Gasteiger partial charge in [0.05, 0.1) is 26.8 Å². The smallest absolute Gasteiger partial charge is 0.421 e. The van der Waals surface area contributed by atoms with Gasteiger partial charge in [-0.15, -0.1) is 0 Å². The number of hydrogen-bond acceptors (Lipinski definition) is 7. The third kappa shape index (κ3) is 3.89. The molecule has 0 aliphatic carbocycles. The molecule has 0 N–H and O–H groups in total. The normalized spacial score (nSPS) is 11.4. The molecule has 0 saturated heterocycles. The predicted octanol–water partition coefficient (Wildman–Crippen LogP) is 2.86. The van der Waals surface area contributed by atoms with Crippen LogP contribution < -0.4 is 4.74 Å². The molecule has 0 unspecified atom stereocenters. The fourth-order valence-electron chi connectivity index (χ4n) is 2.75. The highest BCUT2D eigenvalue weighted by Crippen LogP contribution is 2.40. The standard InChI is InChI=1S/C19H23NO7/c1-19(2,3)27-15-13(14(16(21)24-4)17(22)25-5)11-9-7-8-10-12(11)20(15)18(23)26-6/h7-10,14H,1-6H3. The fraction of sp³-hybridized carbons (Fsp3) is 0.421. The van der Waals surface area contributed by atoms with E-state index < -0.39 is 29.6 Å². The van der Waals surface area contributed by atoms with Crippen LogP contribution in [0.2, 0.25) is 0 Å². The molecule has 27 heavy (non-hydrogen) atoms. The van der Waals surface area contributed by atoms with Crippen molar-refractivity contribution in [2.24, 2.45) is 0 Å². The van der Waals surface area contributed by atoms with Crippen molar-refractivity contribution in [3.8, 4) is 5.88 Å². The molecule has 0 amide bonds. The van der Waals surface area contributed by atoms with Crippen LogP contribution in [0.25, 0.3) is 10.9 Å².